The SMILES string of the molecule is C#CCN(C)CCCN1C(=O)N2[C@H](c3cccc(O)c3)c3[nH]c4cc(F)c(Cl)cc4c3C[C@@]2(C)C1=O. The van der Waals surface area contributed by atoms with Gasteiger partial charge in [-0.25, -0.2) is 9.18 Å². The van der Waals surface area contributed by atoms with Crippen LogP contribution in [-0.4, -0.2) is 68.9 Å². The average molecular weight is 509 g/mol. The van der Waals surface area contributed by atoms with Gasteiger partial charge in [0.2, 0.25) is 0 Å². The van der Waals surface area contributed by atoms with Crippen molar-refractivity contribution >= 4 is 34.4 Å². The lowest BCUT2D eigenvalue weighted by Crippen LogP contribution is -2.53. The van der Waals surface area contributed by atoms with Crippen LogP contribution in [0.5, 0.6) is 5.75 Å². The molecule has 3 amide bonds. The van der Waals surface area contributed by atoms with Gasteiger partial charge in [-0.15, -0.1) is 6.42 Å². The monoisotopic (exact) mass is 508 g/mol. The molecule has 0 unspecified atom stereocenters. The van der Waals surface area contributed by atoms with Crippen LogP contribution < -0.4 is 0 Å². The zero-order valence-corrected chi connectivity index (χ0v) is 20.8. The minimum Gasteiger partial charge on any atom is -0.508 e. The number of carbonyl (C=O) groups is 2. The number of amides is 3. The molecular formula is C27H26ClFN4O3. The summed E-state index contributed by atoms with van der Waals surface area (Å²) in [7, 11) is 1.89. The first-order valence-electron chi connectivity index (χ1n) is 11.7. The van der Waals surface area contributed by atoms with E-state index in [-0.39, 0.29) is 29.6 Å². The van der Waals surface area contributed by atoms with Gasteiger partial charge in [0.1, 0.15) is 23.1 Å². The van der Waals surface area contributed by atoms with E-state index in [4.69, 9.17) is 18.0 Å². The highest BCUT2D eigenvalue weighted by Gasteiger charge is 2.60. The number of imide groups is 1. The molecule has 3 heterocycles. The maximum Gasteiger partial charge on any atom is 0.328 e. The van der Waals surface area contributed by atoms with E-state index in [1.807, 2.05) is 11.9 Å². The third kappa shape index (κ3) is 3.71. The number of hydrogen-bond acceptors (Lipinski definition) is 4. The minimum absolute atomic E-state index is 0.0164. The largest absolute Gasteiger partial charge is 0.508 e. The molecule has 5 rings (SSSR count). The standard InChI is InChI=1S/C27H26ClFN4O3/c1-4-9-31(3)10-6-11-32-25(35)27(2)15-19-18-13-20(28)21(29)14-22(18)30-23(19)24(33(27)26(32)36)16-7-5-8-17(34)12-16/h1,5,7-8,12-14,24,30,34H,6,9-11,15H2,2-3H3/t24-,27+/m1/s1. The number of nitrogens with one attached hydrogen (secondary N) is 1. The summed E-state index contributed by atoms with van der Waals surface area (Å²) in [5.74, 6) is 1.78. The highest BCUT2D eigenvalue weighted by atomic mass is 35.5. The third-order valence-electron chi connectivity index (χ3n) is 7.18. The summed E-state index contributed by atoms with van der Waals surface area (Å²) in [6.45, 7) is 3.15. The van der Waals surface area contributed by atoms with Crippen LogP contribution in [0.15, 0.2) is 36.4 Å². The van der Waals surface area contributed by atoms with Crippen molar-refractivity contribution in [1.29, 1.82) is 0 Å². The van der Waals surface area contributed by atoms with Gasteiger partial charge < -0.3 is 10.1 Å². The molecule has 0 bridgehead atoms. The first kappa shape index (κ1) is 24.2. The predicted octanol–water partition coefficient (Wildman–Crippen LogP) is 4.29. The summed E-state index contributed by atoms with van der Waals surface area (Å²) in [5.41, 5.74) is 1.48. The van der Waals surface area contributed by atoms with Crippen LogP contribution in [0.3, 0.4) is 0 Å². The van der Waals surface area contributed by atoms with Crippen molar-refractivity contribution in [3.8, 4) is 18.1 Å². The van der Waals surface area contributed by atoms with Crippen molar-refractivity contribution in [2.75, 3.05) is 26.7 Å². The number of phenols is 1. The number of halogens is 2. The van der Waals surface area contributed by atoms with Crippen LogP contribution in [0, 0.1) is 18.2 Å². The summed E-state index contributed by atoms with van der Waals surface area (Å²) in [6, 6.07) is 8.41. The van der Waals surface area contributed by atoms with Gasteiger partial charge in [-0.3, -0.25) is 19.5 Å². The van der Waals surface area contributed by atoms with E-state index in [9.17, 15) is 19.1 Å². The second-order valence-electron chi connectivity index (χ2n) is 9.68. The molecule has 3 aromatic rings. The van der Waals surface area contributed by atoms with Crippen LogP contribution in [0.1, 0.15) is 36.2 Å². The van der Waals surface area contributed by atoms with Crippen molar-refractivity contribution in [2.45, 2.75) is 31.3 Å². The Hall–Kier alpha value is -3.54. The lowest BCUT2D eigenvalue weighted by Gasteiger charge is -2.42. The van der Waals surface area contributed by atoms with Gasteiger partial charge in [0.25, 0.3) is 5.91 Å². The van der Waals surface area contributed by atoms with Crippen molar-refractivity contribution in [1.82, 2.24) is 19.7 Å². The number of terminal acetylenes is 1. The normalized spacial score (nSPS) is 21.3. The summed E-state index contributed by atoms with van der Waals surface area (Å²) in [5, 5.41) is 10.9. The Morgan fingerprint density at radius 1 is 1.33 bits per heavy atom. The molecule has 0 aliphatic carbocycles. The first-order chi connectivity index (χ1) is 17.2. The molecule has 2 aromatic carbocycles. The van der Waals surface area contributed by atoms with E-state index < -0.39 is 23.4 Å². The Morgan fingerprint density at radius 3 is 2.83 bits per heavy atom. The second-order valence-corrected chi connectivity index (χ2v) is 10.1. The summed E-state index contributed by atoms with van der Waals surface area (Å²) >= 11 is 6.11. The van der Waals surface area contributed by atoms with E-state index in [0.717, 1.165) is 5.56 Å². The van der Waals surface area contributed by atoms with Crippen LogP contribution in [-0.2, 0) is 11.2 Å². The zero-order valence-electron chi connectivity index (χ0n) is 20.0. The van der Waals surface area contributed by atoms with E-state index in [0.29, 0.717) is 41.7 Å². The first-order valence-corrected chi connectivity index (χ1v) is 12.1. The molecule has 7 nitrogen and oxygen atoms in total. The Kier molecular flexibility index (Phi) is 5.93. The number of hydrogen-bond donors (Lipinski definition) is 2. The number of benzene rings is 2. The summed E-state index contributed by atoms with van der Waals surface area (Å²) < 4.78 is 14.3. The molecule has 0 spiro atoms. The smallest absolute Gasteiger partial charge is 0.328 e. The Bertz CT molecular complexity index is 1430. The highest BCUT2D eigenvalue weighted by molar-refractivity contribution is 6.31. The van der Waals surface area contributed by atoms with Gasteiger partial charge in [0, 0.05) is 36.1 Å². The fraction of sp³-hybridized carbons (Fsp3) is 0.333. The molecule has 186 valence electrons. The van der Waals surface area contributed by atoms with Gasteiger partial charge >= 0.3 is 6.03 Å². The van der Waals surface area contributed by atoms with Crippen LogP contribution >= 0.6 is 11.6 Å². The number of phenolic OH excluding ortho intramolecular Hbond substituents is 1. The fourth-order valence-electron chi connectivity index (χ4n) is 5.48. The Labute approximate surface area is 213 Å². The van der Waals surface area contributed by atoms with E-state index in [2.05, 4.69) is 10.9 Å². The van der Waals surface area contributed by atoms with Gasteiger partial charge in [-0.1, -0.05) is 29.7 Å². The van der Waals surface area contributed by atoms with Gasteiger partial charge in [-0.2, -0.15) is 0 Å². The molecule has 0 radical (unpaired) electrons. The maximum absolute atomic E-state index is 14.3. The molecule has 9 heteroatoms. The van der Waals surface area contributed by atoms with E-state index in [1.165, 1.54) is 11.0 Å². The number of aromatic amines is 1. The molecular weight excluding hydrogens is 483 g/mol. The Morgan fingerprint density at radius 2 is 2.11 bits per heavy atom. The Balaban J connectivity index is 1.60. The molecule has 1 fully saturated rings. The lowest BCUT2D eigenvalue weighted by atomic mass is 9.81. The maximum atomic E-state index is 14.3. The van der Waals surface area contributed by atoms with Crippen molar-refractivity contribution in [3.05, 3.63) is 64.1 Å². The average Bonchev–Trinajstić information content (AvgIpc) is 3.25. The van der Waals surface area contributed by atoms with Crippen molar-refractivity contribution in [2.24, 2.45) is 0 Å². The van der Waals surface area contributed by atoms with E-state index in [1.54, 1.807) is 42.2 Å². The molecule has 2 aliphatic rings. The van der Waals surface area contributed by atoms with E-state index >= 15 is 0 Å². The van der Waals surface area contributed by atoms with Crippen LogP contribution in [0.25, 0.3) is 10.9 Å². The molecule has 0 saturated carbocycles. The van der Waals surface area contributed by atoms with Gasteiger partial charge in [-0.05, 0) is 55.8 Å². The number of H-pyrrole nitrogens is 1. The van der Waals surface area contributed by atoms with Gasteiger partial charge in [0.15, 0.2) is 0 Å². The molecule has 2 aliphatic heterocycles. The number of aromatic nitrogens is 1. The topological polar surface area (TPSA) is 79.9 Å². The summed E-state index contributed by atoms with van der Waals surface area (Å²) in [6.07, 6.45) is 6.20. The number of aromatic hydroxyl groups is 1. The van der Waals surface area contributed by atoms with Crippen LogP contribution in [0.2, 0.25) is 5.02 Å². The molecule has 2 atom stereocenters. The summed E-state index contributed by atoms with van der Waals surface area (Å²) in [4.78, 5) is 35.7. The second kappa shape index (κ2) is 8.84. The number of rotatable bonds is 6. The molecule has 2 N–H and O–H groups in total. The number of nitrogens with zero attached hydrogens (tertiary/aromatic N) is 3. The lowest BCUT2D eigenvalue weighted by molar-refractivity contribution is -0.133. The quantitative estimate of drug-likeness (QED) is 0.384. The fourth-order valence-corrected chi connectivity index (χ4v) is 5.65. The van der Waals surface area contributed by atoms with Crippen molar-refractivity contribution in [3.63, 3.8) is 0 Å². The third-order valence-corrected chi connectivity index (χ3v) is 7.47. The molecule has 36 heavy (non-hydrogen) atoms. The van der Waals surface area contributed by atoms with Crippen molar-refractivity contribution < 1.29 is 19.1 Å². The number of urea groups is 1. The van der Waals surface area contributed by atoms with Gasteiger partial charge in [0.05, 0.1) is 11.6 Å². The molecule has 1 aromatic heterocycles. The number of carbonyl (C=O) groups excluding carboxylic acids is 2. The minimum atomic E-state index is -1.17. The molecule has 1 saturated heterocycles. The number of fused-ring (bicyclic) bond motifs is 4. The van der Waals surface area contributed by atoms with Crippen LogP contribution in [0.4, 0.5) is 9.18 Å². The highest BCUT2D eigenvalue weighted by Crippen LogP contribution is 2.49. The predicted molar refractivity (Wildman–Crippen MR) is 135 cm³/mol. The zero-order chi connectivity index (χ0) is 25.8.